The molecule has 0 saturated heterocycles. The van der Waals surface area contributed by atoms with Crippen LogP contribution in [0.2, 0.25) is 5.02 Å². The fourth-order valence-corrected chi connectivity index (χ4v) is 5.21. The van der Waals surface area contributed by atoms with Crippen molar-refractivity contribution in [1.29, 1.82) is 0 Å². The number of carbonyl (C=O) groups excluding carboxylic acids is 1. The Morgan fingerprint density at radius 3 is 1.88 bits per heavy atom. The fourth-order valence-electron chi connectivity index (χ4n) is 5.04. The molecule has 6 nitrogen and oxygen atoms in total. The summed E-state index contributed by atoms with van der Waals surface area (Å²) in [6.45, 7) is 0. The molecule has 0 radical (unpaired) electrons. The fraction of sp³-hybridized carbons (Fsp3) is 0.115. The quantitative estimate of drug-likeness (QED) is 0.328. The van der Waals surface area contributed by atoms with E-state index in [4.69, 9.17) is 21.1 Å². The first kappa shape index (κ1) is 19.8. The molecular weight excluding hydrogens is 438 g/mol. The maximum Gasteiger partial charge on any atom is 0.244 e. The highest BCUT2D eigenvalue weighted by Gasteiger charge is 2.52. The standard InChI is InChI=1S/C26H20ClN3O3/c1-32-15-4-6-17-20(12-28-23(17)10-15)26(19-9-14(27)3-8-22(19)30-25(26)31)21-13-29-24-11-16(33-2)5-7-18(21)24/h3-13,28-29H,1-2H3,(H,30,31). The SMILES string of the molecule is COc1ccc2c(C3(c4c[nH]c5cc(OC)ccc45)C(=O)Nc4ccc(Cl)cc43)c[nH]c2c1. The second-order valence-corrected chi connectivity index (χ2v) is 8.56. The van der Waals surface area contributed by atoms with Gasteiger partial charge in [0.1, 0.15) is 16.9 Å². The third kappa shape index (κ3) is 2.64. The summed E-state index contributed by atoms with van der Waals surface area (Å²) in [6.07, 6.45) is 3.81. The van der Waals surface area contributed by atoms with Crippen LogP contribution in [0, 0.1) is 0 Å². The number of benzene rings is 3. The zero-order chi connectivity index (χ0) is 22.7. The van der Waals surface area contributed by atoms with E-state index < -0.39 is 5.41 Å². The van der Waals surface area contributed by atoms with Gasteiger partial charge in [-0.05, 0) is 42.5 Å². The number of amides is 1. The molecule has 0 atom stereocenters. The molecule has 5 aromatic rings. The molecular formula is C26H20ClN3O3. The molecule has 1 amide bonds. The van der Waals surface area contributed by atoms with Crippen LogP contribution in [0.15, 0.2) is 67.0 Å². The molecule has 3 aromatic carbocycles. The highest BCUT2D eigenvalue weighted by molar-refractivity contribution is 6.31. The monoisotopic (exact) mass is 457 g/mol. The van der Waals surface area contributed by atoms with Crippen molar-refractivity contribution in [3.05, 3.63) is 88.7 Å². The molecule has 1 aliphatic rings. The van der Waals surface area contributed by atoms with Gasteiger partial charge >= 0.3 is 0 Å². The van der Waals surface area contributed by atoms with Gasteiger partial charge in [-0.1, -0.05) is 11.6 Å². The van der Waals surface area contributed by atoms with E-state index in [0.29, 0.717) is 5.02 Å². The first-order valence-electron chi connectivity index (χ1n) is 10.5. The maximum absolute atomic E-state index is 14.0. The lowest BCUT2D eigenvalue weighted by Gasteiger charge is -2.28. The van der Waals surface area contributed by atoms with Gasteiger partial charge in [-0.2, -0.15) is 0 Å². The van der Waals surface area contributed by atoms with Crippen LogP contribution in [-0.2, 0) is 10.2 Å². The zero-order valence-corrected chi connectivity index (χ0v) is 18.7. The van der Waals surface area contributed by atoms with Crippen molar-refractivity contribution < 1.29 is 14.3 Å². The van der Waals surface area contributed by atoms with Crippen molar-refractivity contribution in [2.24, 2.45) is 0 Å². The molecule has 0 spiro atoms. The average Bonchev–Trinajstić information content (AvgIpc) is 3.52. The van der Waals surface area contributed by atoms with Crippen LogP contribution in [0.3, 0.4) is 0 Å². The van der Waals surface area contributed by atoms with Crippen LogP contribution in [0.5, 0.6) is 11.5 Å². The third-order valence-electron chi connectivity index (χ3n) is 6.56. The van der Waals surface area contributed by atoms with E-state index in [1.54, 1.807) is 20.3 Å². The minimum Gasteiger partial charge on any atom is -0.497 e. The molecule has 3 N–H and O–H groups in total. The van der Waals surface area contributed by atoms with E-state index in [-0.39, 0.29) is 5.91 Å². The second kappa shape index (κ2) is 7.05. The molecule has 0 unspecified atom stereocenters. The number of hydrogen-bond acceptors (Lipinski definition) is 3. The number of halogens is 1. The lowest BCUT2D eigenvalue weighted by atomic mass is 9.70. The van der Waals surface area contributed by atoms with Gasteiger partial charge in [0.05, 0.1) is 14.2 Å². The number of anilines is 1. The number of aromatic nitrogens is 2. The van der Waals surface area contributed by atoms with Crippen molar-refractivity contribution >= 4 is 45.0 Å². The molecule has 33 heavy (non-hydrogen) atoms. The summed E-state index contributed by atoms with van der Waals surface area (Å²) in [5.41, 5.74) is 3.90. The highest BCUT2D eigenvalue weighted by Crippen LogP contribution is 2.52. The Morgan fingerprint density at radius 2 is 1.33 bits per heavy atom. The Morgan fingerprint density at radius 1 is 0.758 bits per heavy atom. The molecule has 2 aromatic heterocycles. The number of rotatable bonds is 4. The number of hydrogen-bond donors (Lipinski definition) is 3. The van der Waals surface area contributed by atoms with Gasteiger partial charge in [-0.15, -0.1) is 0 Å². The van der Waals surface area contributed by atoms with Crippen LogP contribution in [0.4, 0.5) is 5.69 Å². The van der Waals surface area contributed by atoms with Crippen molar-refractivity contribution in [3.63, 3.8) is 0 Å². The highest BCUT2D eigenvalue weighted by atomic mass is 35.5. The van der Waals surface area contributed by atoms with E-state index in [1.807, 2.05) is 60.9 Å². The number of ether oxygens (including phenoxy) is 2. The number of H-pyrrole nitrogens is 2. The maximum atomic E-state index is 14.0. The minimum atomic E-state index is -1.11. The van der Waals surface area contributed by atoms with Gasteiger partial charge in [-0.3, -0.25) is 4.79 Å². The van der Waals surface area contributed by atoms with Gasteiger partial charge in [0, 0.05) is 73.7 Å². The van der Waals surface area contributed by atoms with Crippen molar-refractivity contribution in [2.75, 3.05) is 19.5 Å². The van der Waals surface area contributed by atoms with Gasteiger partial charge in [0.15, 0.2) is 0 Å². The van der Waals surface area contributed by atoms with Crippen molar-refractivity contribution in [3.8, 4) is 11.5 Å². The Balaban J connectivity index is 1.73. The number of nitrogens with one attached hydrogen (secondary N) is 3. The molecule has 0 saturated carbocycles. The molecule has 0 bridgehead atoms. The Labute approximate surface area is 194 Å². The average molecular weight is 458 g/mol. The summed E-state index contributed by atoms with van der Waals surface area (Å²) >= 11 is 6.45. The van der Waals surface area contributed by atoms with Crippen LogP contribution in [-0.4, -0.2) is 30.1 Å². The van der Waals surface area contributed by atoms with Crippen LogP contribution < -0.4 is 14.8 Å². The Hall–Kier alpha value is -3.90. The number of aromatic amines is 2. The molecule has 1 aliphatic heterocycles. The Kier molecular flexibility index (Phi) is 4.22. The van der Waals surface area contributed by atoms with Crippen LogP contribution in [0.1, 0.15) is 16.7 Å². The van der Waals surface area contributed by atoms with E-state index in [0.717, 1.165) is 55.7 Å². The number of methoxy groups -OCH3 is 2. The molecule has 6 rings (SSSR count). The summed E-state index contributed by atoms with van der Waals surface area (Å²) in [5, 5.41) is 5.52. The largest absolute Gasteiger partial charge is 0.497 e. The normalized spacial score (nSPS) is 14.5. The van der Waals surface area contributed by atoms with E-state index in [9.17, 15) is 4.79 Å². The molecule has 0 fully saturated rings. The van der Waals surface area contributed by atoms with E-state index >= 15 is 0 Å². The molecule has 7 heteroatoms. The molecule has 164 valence electrons. The first-order chi connectivity index (χ1) is 16.1. The topological polar surface area (TPSA) is 79.1 Å². The van der Waals surface area contributed by atoms with Crippen LogP contribution in [0.25, 0.3) is 21.8 Å². The van der Waals surface area contributed by atoms with Gasteiger partial charge < -0.3 is 24.8 Å². The Bertz CT molecular complexity index is 1480. The molecule has 3 heterocycles. The lowest BCUT2D eigenvalue weighted by molar-refractivity contribution is -0.118. The summed E-state index contributed by atoms with van der Waals surface area (Å²) in [7, 11) is 3.27. The number of carbonyl (C=O) groups is 1. The van der Waals surface area contributed by atoms with E-state index in [2.05, 4.69) is 15.3 Å². The van der Waals surface area contributed by atoms with Gasteiger partial charge in [-0.25, -0.2) is 0 Å². The number of fused-ring (bicyclic) bond motifs is 3. The lowest BCUT2D eigenvalue weighted by Crippen LogP contribution is -2.36. The third-order valence-corrected chi connectivity index (χ3v) is 6.80. The first-order valence-corrected chi connectivity index (χ1v) is 10.9. The predicted molar refractivity (Wildman–Crippen MR) is 130 cm³/mol. The predicted octanol–water partition coefficient (Wildman–Crippen LogP) is 5.61. The van der Waals surface area contributed by atoms with Crippen LogP contribution >= 0.6 is 11.6 Å². The van der Waals surface area contributed by atoms with Crippen molar-refractivity contribution in [2.45, 2.75) is 5.41 Å². The summed E-state index contributed by atoms with van der Waals surface area (Å²) in [5.74, 6) is 1.35. The van der Waals surface area contributed by atoms with Crippen molar-refractivity contribution in [1.82, 2.24) is 9.97 Å². The minimum absolute atomic E-state index is 0.131. The summed E-state index contributed by atoms with van der Waals surface area (Å²) in [4.78, 5) is 20.6. The smallest absolute Gasteiger partial charge is 0.244 e. The summed E-state index contributed by atoms with van der Waals surface area (Å²) < 4.78 is 10.8. The van der Waals surface area contributed by atoms with E-state index in [1.165, 1.54) is 0 Å². The zero-order valence-electron chi connectivity index (χ0n) is 18.0. The summed E-state index contributed by atoms with van der Waals surface area (Å²) in [6, 6.07) is 17.1. The molecule has 0 aliphatic carbocycles. The second-order valence-electron chi connectivity index (χ2n) is 8.12. The van der Waals surface area contributed by atoms with Gasteiger partial charge in [0.2, 0.25) is 5.91 Å². The van der Waals surface area contributed by atoms with Gasteiger partial charge in [0.25, 0.3) is 0 Å².